The summed E-state index contributed by atoms with van der Waals surface area (Å²) in [6, 6.07) is 1.94. The molecule has 1 aromatic heterocycles. The van der Waals surface area contributed by atoms with Crippen LogP contribution in [0.1, 0.15) is 35.6 Å². The SMILES string of the molecule is Cc1cc(C(=O)CN2CCOCC2(C)C)c(C)[nH]1. The van der Waals surface area contributed by atoms with Crippen LogP contribution < -0.4 is 0 Å². The summed E-state index contributed by atoms with van der Waals surface area (Å²) in [6.45, 7) is 10.8. The molecule has 4 heteroatoms. The topological polar surface area (TPSA) is 45.3 Å². The van der Waals surface area contributed by atoms with Crippen molar-refractivity contribution in [3.05, 3.63) is 23.0 Å². The van der Waals surface area contributed by atoms with Gasteiger partial charge in [-0.1, -0.05) is 0 Å². The molecule has 0 radical (unpaired) electrons. The van der Waals surface area contributed by atoms with Gasteiger partial charge in [0.15, 0.2) is 5.78 Å². The number of carbonyl (C=O) groups is 1. The maximum absolute atomic E-state index is 12.3. The highest BCUT2D eigenvalue weighted by Crippen LogP contribution is 2.20. The summed E-state index contributed by atoms with van der Waals surface area (Å²) in [4.78, 5) is 17.7. The summed E-state index contributed by atoms with van der Waals surface area (Å²) >= 11 is 0. The van der Waals surface area contributed by atoms with Gasteiger partial charge < -0.3 is 9.72 Å². The number of hydrogen-bond donors (Lipinski definition) is 1. The number of nitrogens with one attached hydrogen (secondary N) is 1. The van der Waals surface area contributed by atoms with E-state index < -0.39 is 0 Å². The van der Waals surface area contributed by atoms with Crippen LogP contribution in [0.3, 0.4) is 0 Å². The van der Waals surface area contributed by atoms with Gasteiger partial charge in [-0.05, 0) is 33.8 Å². The van der Waals surface area contributed by atoms with Crippen molar-refractivity contribution in [1.82, 2.24) is 9.88 Å². The van der Waals surface area contributed by atoms with Crippen LogP contribution in [0, 0.1) is 13.8 Å². The lowest BCUT2D eigenvalue weighted by Gasteiger charge is -2.41. The van der Waals surface area contributed by atoms with Gasteiger partial charge in [0.05, 0.1) is 19.8 Å². The Morgan fingerprint density at radius 1 is 1.50 bits per heavy atom. The summed E-state index contributed by atoms with van der Waals surface area (Å²) in [5.74, 6) is 0.187. The fourth-order valence-electron chi connectivity index (χ4n) is 2.46. The molecule has 0 atom stereocenters. The maximum atomic E-state index is 12.3. The van der Waals surface area contributed by atoms with E-state index in [-0.39, 0.29) is 11.3 Å². The number of carbonyl (C=O) groups excluding carboxylic acids is 1. The summed E-state index contributed by atoms with van der Waals surface area (Å²) in [7, 11) is 0. The minimum Gasteiger partial charge on any atom is -0.378 e. The molecule has 0 spiro atoms. The van der Waals surface area contributed by atoms with Crippen LogP contribution in [0.4, 0.5) is 0 Å². The number of hydrogen-bond acceptors (Lipinski definition) is 3. The molecule has 0 amide bonds. The lowest BCUT2D eigenvalue weighted by Crippen LogP contribution is -2.54. The van der Waals surface area contributed by atoms with Crippen LogP contribution in [0.2, 0.25) is 0 Å². The van der Waals surface area contributed by atoms with Crippen molar-refractivity contribution >= 4 is 5.78 Å². The van der Waals surface area contributed by atoms with Gasteiger partial charge >= 0.3 is 0 Å². The summed E-state index contributed by atoms with van der Waals surface area (Å²) in [5.41, 5.74) is 2.75. The molecule has 0 aliphatic carbocycles. The second-order valence-corrected chi connectivity index (χ2v) is 5.70. The molecule has 1 aliphatic rings. The minimum absolute atomic E-state index is 0.0623. The molecule has 0 saturated carbocycles. The van der Waals surface area contributed by atoms with E-state index in [1.807, 2.05) is 19.9 Å². The van der Waals surface area contributed by atoms with E-state index in [4.69, 9.17) is 4.74 Å². The highest BCUT2D eigenvalue weighted by atomic mass is 16.5. The van der Waals surface area contributed by atoms with Gasteiger partial charge in [0.1, 0.15) is 0 Å². The molecule has 18 heavy (non-hydrogen) atoms. The Morgan fingerprint density at radius 2 is 2.22 bits per heavy atom. The van der Waals surface area contributed by atoms with Gasteiger partial charge in [-0.2, -0.15) is 0 Å². The van der Waals surface area contributed by atoms with Gasteiger partial charge in [-0.3, -0.25) is 9.69 Å². The molecule has 0 unspecified atom stereocenters. The van der Waals surface area contributed by atoms with Crippen LogP contribution in [0.15, 0.2) is 6.07 Å². The zero-order valence-corrected chi connectivity index (χ0v) is 11.7. The Labute approximate surface area is 108 Å². The van der Waals surface area contributed by atoms with Crippen LogP contribution in [-0.4, -0.2) is 47.5 Å². The number of aromatic amines is 1. The molecule has 1 aliphatic heterocycles. The number of ether oxygens (including phenoxy) is 1. The summed E-state index contributed by atoms with van der Waals surface area (Å²) in [5, 5.41) is 0. The molecule has 0 bridgehead atoms. The summed E-state index contributed by atoms with van der Waals surface area (Å²) in [6.07, 6.45) is 0. The Balaban J connectivity index is 2.09. The van der Waals surface area contributed by atoms with Crippen molar-refractivity contribution in [3.63, 3.8) is 0 Å². The number of H-pyrrole nitrogens is 1. The van der Waals surface area contributed by atoms with Crippen molar-refractivity contribution in [1.29, 1.82) is 0 Å². The first-order chi connectivity index (χ1) is 8.40. The third-order valence-corrected chi connectivity index (χ3v) is 3.60. The van der Waals surface area contributed by atoms with Crippen LogP contribution in [0.5, 0.6) is 0 Å². The standard InChI is InChI=1S/C14H22N2O2/c1-10-7-12(11(2)15-10)13(17)8-16-5-6-18-9-14(16,3)4/h7,15H,5-6,8-9H2,1-4H3. The van der Waals surface area contributed by atoms with Gasteiger partial charge in [0, 0.05) is 29.0 Å². The highest BCUT2D eigenvalue weighted by molar-refractivity contribution is 5.98. The predicted molar refractivity (Wildman–Crippen MR) is 71.1 cm³/mol. The lowest BCUT2D eigenvalue weighted by atomic mass is 10.0. The van der Waals surface area contributed by atoms with Crippen LogP contribution >= 0.6 is 0 Å². The van der Waals surface area contributed by atoms with Crippen molar-refractivity contribution in [2.24, 2.45) is 0 Å². The first-order valence-corrected chi connectivity index (χ1v) is 6.42. The highest BCUT2D eigenvalue weighted by Gasteiger charge is 2.32. The van der Waals surface area contributed by atoms with E-state index in [1.165, 1.54) is 0 Å². The Morgan fingerprint density at radius 3 is 2.78 bits per heavy atom. The molecular weight excluding hydrogens is 228 g/mol. The second kappa shape index (κ2) is 4.86. The Hall–Kier alpha value is -1.13. The predicted octanol–water partition coefficient (Wildman–Crippen LogP) is 1.93. The minimum atomic E-state index is -0.0623. The van der Waals surface area contributed by atoms with E-state index in [1.54, 1.807) is 0 Å². The van der Waals surface area contributed by atoms with Gasteiger partial charge in [0.2, 0.25) is 0 Å². The monoisotopic (exact) mass is 250 g/mol. The van der Waals surface area contributed by atoms with Crippen molar-refractivity contribution in [2.45, 2.75) is 33.2 Å². The second-order valence-electron chi connectivity index (χ2n) is 5.70. The quantitative estimate of drug-likeness (QED) is 0.834. The average Bonchev–Trinajstić information content (AvgIpc) is 2.61. The largest absolute Gasteiger partial charge is 0.378 e. The average molecular weight is 250 g/mol. The molecule has 1 N–H and O–H groups in total. The van der Waals surface area contributed by atoms with E-state index in [0.717, 1.165) is 23.5 Å². The fourth-order valence-corrected chi connectivity index (χ4v) is 2.46. The number of Topliss-reactive ketones (excluding diaryl/α,β-unsaturated/α-hetero) is 1. The van der Waals surface area contributed by atoms with E-state index in [2.05, 4.69) is 23.7 Å². The molecular formula is C14H22N2O2. The van der Waals surface area contributed by atoms with E-state index in [9.17, 15) is 4.79 Å². The van der Waals surface area contributed by atoms with Crippen LogP contribution in [0.25, 0.3) is 0 Å². The zero-order valence-electron chi connectivity index (χ0n) is 11.7. The zero-order chi connectivity index (χ0) is 13.3. The van der Waals surface area contributed by atoms with Crippen molar-refractivity contribution in [3.8, 4) is 0 Å². The van der Waals surface area contributed by atoms with Crippen molar-refractivity contribution in [2.75, 3.05) is 26.3 Å². The number of ketones is 1. The number of nitrogens with zero attached hydrogens (tertiary/aromatic N) is 1. The Bertz CT molecular complexity index is 449. The number of morpholine rings is 1. The first kappa shape index (κ1) is 13.3. The normalized spacial score (nSPS) is 20.0. The van der Waals surface area contributed by atoms with Crippen LogP contribution in [-0.2, 0) is 4.74 Å². The van der Waals surface area contributed by atoms with Gasteiger partial charge in [-0.25, -0.2) is 0 Å². The van der Waals surface area contributed by atoms with Gasteiger partial charge in [-0.15, -0.1) is 0 Å². The molecule has 2 heterocycles. The van der Waals surface area contributed by atoms with Crippen molar-refractivity contribution < 1.29 is 9.53 Å². The number of rotatable bonds is 3. The van der Waals surface area contributed by atoms with E-state index in [0.29, 0.717) is 19.8 Å². The third kappa shape index (κ3) is 2.65. The molecule has 2 rings (SSSR count). The number of aromatic nitrogens is 1. The molecule has 1 aromatic rings. The summed E-state index contributed by atoms with van der Waals surface area (Å²) < 4.78 is 5.47. The molecule has 0 aromatic carbocycles. The maximum Gasteiger partial charge on any atom is 0.178 e. The Kier molecular flexibility index (Phi) is 3.59. The smallest absolute Gasteiger partial charge is 0.178 e. The number of aryl methyl sites for hydroxylation is 2. The fraction of sp³-hybridized carbons (Fsp3) is 0.643. The third-order valence-electron chi connectivity index (χ3n) is 3.60. The molecule has 1 fully saturated rings. The van der Waals surface area contributed by atoms with Gasteiger partial charge in [0.25, 0.3) is 0 Å². The molecule has 1 saturated heterocycles. The molecule has 100 valence electrons. The first-order valence-electron chi connectivity index (χ1n) is 6.42. The molecule has 4 nitrogen and oxygen atoms in total. The van der Waals surface area contributed by atoms with E-state index >= 15 is 0 Å². The lowest BCUT2D eigenvalue weighted by molar-refractivity contribution is -0.0467.